The van der Waals surface area contributed by atoms with Gasteiger partial charge in [0.25, 0.3) is 5.91 Å². The Morgan fingerprint density at radius 1 is 1.35 bits per heavy atom. The molecule has 1 amide bonds. The van der Waals surface area contributed by atoms with Crippen molar-refractivity contribution in [1.82, 2.24) is 19.9 Å². The third-order valence-corrected chi connectivity index (χ3v) is 5.28. The largest absolute Gasteiger partial charge is 0.347 e. The molecule has 0 spiro atoms. The highest BCUT2D eigenvalue weighted by molar-refractivity contribution is 7.13. The highest BCUT2D eigenvalue weighted by atomic mass is 32.1. The van der Waals surface area contributed by atoms with Gasteiger partial charge < -0.3 is 9.88 Å². The van der Waals surface area contributed by atoms with Gasteiger partial charge in [0.1, 0.15) is 10.7 Å². The zero-order valence-electron chi connectivity index (χ0n) is 14.4. The molecule has 1 N–H and O–H groups in total. The van der Waals surface area contributed by atoms with Gasteiger partial charge in [-0.2, -0.15) is 0 Å². The minimum atomic E-state index is -0.00212. The quantitative estimate of drug-likeness (QED) is 0.919. The summed E-state index contributed by atoms with van der Waals surface area (Å²) >= 11 is 1.46. The van der Waals surface area contributed by atoms with Crippen molar-refractivity contribution in [2.75, 3.05) is 0 Å². The highest BCUT2D eigenvalue weighted by Crippen LogP contribution is 2.25. The van der Waals surface area contributed by atoms with Crippen LogP contribution in [0.1, 0.15) is 59.1 Å². The Labute approximate surface area is 141 Å². The lowest BCUT2D eigenvalue weighted by molar-refractivity contribution is 0.0931. The standard InChI is InChI=1S/C17H24N4OS/c1-10-15(23-11(2)18-10)16(22)19-12-6-7-14-20-13(17(3,4)5)9-21(14)8-12/h9,12H,6-8H2,1-5H3,(H,19,22)/t12-/m1/s1. The fraction of sp³-hybridized carbons (Fsp3) is 0.588. The van der Waals surface area contributed by atoms with Gasteiger partial charge in [0.15, 0.2) is 0 Å². The Hall–Kier alpha value is -1.69. The molecular formula is C17H24N4OS. The number of hydrogen-bond acceptors (Lipinski definition) is 4. The minimum absolute atomic E-state index is 0.00212. The number of carbonyl (C=O) groups is 1. The van der Waals surface area contributed by atoms with Crippen LogP contribution in [-0.4, -0.2) is 26.5 Å². The number of fused-ring (bicyclic) bond motifs is 1. The van der Waals surface area contributed by atoms with E-state index in [1.165, 1.54) is 11.3 Å². The molecule has 124 valence electrons. The van der Waals surface area contributed by atoms with Gasteiger partial charge in [-0.3, -0.25) is 4.79 Å². The van der Waals surface area contributed by atoms with E-state index in [9.17, 15) is 4.79 Å². The molecule has 2 aromatic heterocycles. The molecule has 1 aliphatic rings. The number of aryl methyl sites for hydroxylation is 3. The minimum Gasteiger partial charge on any atom is -0.347 e. The molecular weight excluding hydrogens is 308 g/mol. The van der Waals surface area contributed by atoms with Gasteiger partial charge in [0.05, 0.1) is 16.4 Å². The molecule has 0 unspecified atom stereocenters. The van der Waals surface area contributed by atoms with Crippen molar-refractivity contribution in [3.63, 3.8) is 0 Å². The average Bonchev–Trinajstić information content (AvgIpc) is 3.01. The number of carbonyl (C=O) groups excluding carboxylic acids is 1. The van der Waals surface area contributed by atoms with E-state index in [2.05, 4.69) is 41.8 Å². The highest BCUT2D eigenvalue weighted by Gasteiger charge is 2.26. The zero-order chi connectivity index (χ0) is 16.8. The summed E-state index contributed by atoms with van der Waals surface area (Å²) < 4.78 is 2.19. The van der Waals surface area contributed by atoms with E-state index >= 15 is 0 Å². The molecule has 5 nitrogen and oxygen atoms in total. The topological polar surface area (TPSA) is 59.8 Å². The average molecular weight is 332 g/mol. The number of amides is 1. The first-order chi connectivity index (χ1) is 10.7. The molecule has 0 radical (unpaired) electrons. The second-order valence-corrected chi connectivity index (χ2v) is 8.50. The van der Waals surface area contributed by atoms with Crippen molar-refractivity contribution >= 4 is 17.2 Å². The zero-order valence-corrected chi connectivity index (χ0v) is 15.3. The van der Waals surface area contributed by atoms with Gasteiger partial charge in [0, 0.05) is 30.6 Å². The van der Waals surface area contributed by atoms with Crippen LogP contribution in [0.2, 0.25) is 0 Å². The summed E-state index contributed by atoms with van der Waals surface area (Å²) in [6.45, 7) is 11.1. The summed E-state index contributed by atoms with van der Waals surface area (Å²) in [6, 6.07) is 0.152. The van der Waals surface area contributed by atoms with Gasteiger partial charge >= 0.3 is 0 Å². The smallest absolute Gasteiger partial charge is 0.263 e. The Morgan fingerprint density at radius 2 is 2.09 bits per heavy atom. The van der Waals surface area contributed by atoms with E-state index in [0.717, 1.165) is 46.5 Å². The predicted octanol–water partition coefficient (Wildman–Crippen LogP) is 3.00. The van der Waals surface area contributed by atoms with Crippen molar-refractivity contribution in [2.24, 2.45) is 0 Å². The van der Waals surface area contributed by atoms with Crippen LogP contribution in [-0.2, 0) is 18.4 Å². The molecule has 0 aliphatic carbocycles. The van der Waals surface area contributed by atoms with Crippen LogP contribution < -0.4 is 5.32 Å². The van der Waals surface area contributed by atoms with Crippen LogP contribution in [0.25, 0.3) is 0 Å². The molecule has 23 heavy (non-hydrogen) atoms. The van der Waals surface area contributed by atoms with Crippen molar-refractivity contribution < 1.29 is 4.79 Å². The van der Waals surface area contributed by atoms with E-state index in [1.54, 1.807) is 0 Å². The van der Waals surface area contributed by atoms with Gasteiger partial charge in [-0.1, -0.05) is 20.8 Å². The Bertz CT molecular complexity index is 738. The Morgan fingerprint density at radius 3 is 2.70 bits per heavy atom. The third-order valence-electron chi connectivity index (χ3n) is 4.21. The van der Waals surface area contributed by atoms with Crippen molar-refractivity contribution in [2.45, 2.75) is 65.5 Å². The number of aromatic nitrogens is 3. The van der Waals surface area contributed by atoms with Gasteiger partial charge in [0.2, 0.25) is 0 Å². The molecule has 0 fully saturated rings. The molecule has 0 aromatic carbocycles. The monoisotopic (exact) mass is 332 g/mol. The molecule has 0 bridgehead atoms. The van der Waals surface area contributed by atoms with Crippen LogP contribution >= 0.6 is 11.3 Å². The summed E-state index contributed by atoms with van der Waals surface area (Å²) in [5.74, 6) is 1.13. The molecule has 3 rings (SSSR count). The molecule has 3 heterocycles. The summed E-state index contributed by atoms with van der Waals surface area (Å²) in [5.41, 5.74) is 1.99. The van der Waals surface area contributed by atoms with Gasteiger partial charge in [-0.15, -0.1) is 11.3 Å². The Kier molecular flexibility index (Phi) is 4.04. The maximum atomic E-state index is 12.5. The first-order valence-electron chi connectivity index (χ1n) is 8.05. The van der Waals surface area contributed by atoms with Crippen molar-refractivity contribution in [1.29, 1.82) is 0 Å². The SMILES string of the molecule is Cc1nc(C)c(C(=O)N[C@@H]2CCc3nc(C(C)(C)C)cn3C2)s1. The van der Waals surface area contributed by atoms with Crippen LogP contribution in [0.4, 0.5) is 0 Å². The molecule has 0 saturated heterocycles. The Balaban J connectivity index is 1.71. The van der Waals surface area contributed by atoms with Crippen LogP contribution in [0.5, 0.6) is 0 Å². The molecule has 0 saturated carbocycles. The number of thiazole rings is 1. The number of imidazole rings is 1. The summed E-state index contributed by atoms with van der Waals surface area (Å²) in [5, 5.41) is 4.09. The van der Waals surface area contributed by atoms with Crippen LogP contribution in [0.3, 0.4) is 0 Å². The van der Waals surface area contributed by atoms with E-state index in [-0.39, 0.29) is 17.4 Å². The lowest BCUT2D eigenvalue weighted by Gasteiger charge is -2.24. The van der Waals surface area contributed by atoms with Crippen molar-refractivity contribution in [3.05, 3.63) is 33.3 Å². The summed E-state index contributed by atoms with van der Waals surface area (Å²) in [4.78, 5) is 22.3. The van der Waals surface area contributed by atoms with Gasteiger partial charge in [-0.25, -0.2) is 9.97 Å². The maximum Gasteiger partial charge on any atom is 0.263 e. The third kappa shape index (κ3) is 3.32. The van der Waals surface area contributed by atoms with Crippen LogP contribution in [0, 0.1) is 13.8 Å². The lowest BCUT2D eigenvalue weighted by atomic mass is 9.93. The molecule has 1 atom stereocenters. The second-order valence-electron chi connectivity index (χ2n) is 7.30. The maximum absolute atomic E-state index is 12.5. The molecule has 6 heteroatoms. The first-order valence-corrected chi connectivity index (χ1v) is 8.87. The van der Waals surface area contributed by atoms with E-state index < -0.39 is 0 Å². The normalized spacial score (nSPS) is 17.9. The first kappa shape index (κ1) is 16.2. The second kappa shape index (κ2) is 5.74. The number of nitrogens with zero attached hydrogens (tertiary/aromatic N) is 3. The number of nitrogens with one attached hydrogen (secondary N) is 1. The predicted molar refractivity (Wildman–Crippen MR) is 92.1 cm³/mol. The summed E-state index contributed by atoms with van der Waals surface area (Å²) in [6.07, 6.45) is 3.97. The fourth-order valence-electron chi connectivity index (χ4n) is 2.92. The summed E-state index contributed by atoms with van der Waals surface area (Å²) in [7, 11) is 0. The van der Waals surface area contributed by atoms with E-state index in [0.29, 0.717) is 0 Å². The van der Waals surface area contributed by atoms with E-state index in [4.69, 9.17) is 4.98 Å². The lowest BCUT2D eigenvalue weighted by Crippen LogP contribution is -2.40. The molecule has 2 aromatic rings. The van der Waals surface area contributed by atoms with E-state index in [1.807, 2.05) is 13.8 Å². The van der Waals surface area contributed by atoms with Gasteiger partial charge in [-0.05, 0) is 20.3 Å². The number of hydrogen-bond donors (Lipinski definition) is 1. The van der Waals surface area contributed by atoms with Crippen LogP contribution in [0.15, 0.2) is 6.20 Å². The van der Waals surface area contributed by atoms with Crippen molar-refractivity contribution in [3.8, 4) is 0 Å². The molecule has 1 aliphatic heterocycles. The number of rotatable bonds is 2. The fourth-order valence-corrected chi connectivity index (χ4v) is 3.74.